The summed E-state index contributed by atoms with van der Waals surface area (Å²) in [4.78, 5) is 0. The van der Waals surface area contributed by atoms with Crippen LogP contribution in [0.15, 0.2) is 24.3 Å². The molecule has 1 nitrogen and oxygen atoms in total. The van der Waals surface area contributed by atoms with Gasteiger partial charge in [-0.2, -0.15) is 17.0 Å². The molecule has 0 heterocycles. The van der Waals surface area contributed by atoms with Crippen molar-refractivity contribution < 1.29 is 0 Å². The van der Waals surface area contributed by atoms with Gasteiger partial charge in [0.05, 0.1) is 11.6 Å². The van der Waals surface area contributed by atoms with E-state index >= 15 is 0 Å². The predicted molar refractivity (Wildman–Crippen MR) is 66.8 cm³/mol. The van der Waals surface area contributed by atoms with Crippen LogP contribution in [0.5, 0.6) is 0 Å². The van der Waals surface area contributed by atoms with Gasteiger partial charge in [-0.3, -0.25) is 0 Å². The SMILES string of the molecule is CC(C)C(C)SCc1ccc(C#N)cc1. The van der Waals surface area contributed by atoms with Crippen molar-refractivity contribution in [3.05, 3.63) is 35.4 Å². The molecule has 15 heavy (non-hydrogen) atoms. The van der Waals surface area contributed by atoms with Crippen LogP contribution in [0.2, 0.25) is 0 Å². The number of nitriles is 1. The highest BCUT2D eigenvalue weighted by Crippen LogP contribution is 2.23. The Kier molecular flexibility index (Phi) is 4.71. The fraction of sp³-hybridized carbons (Fsp3) is 0.462. The second-order valence-corrected chi connectivity index (χ2v) is 5.43. The van der Waals surface area contributed by atoms with Crippen LogP contribution in [-0.2, 0) is 5.75 Å². The van der Waals surface area contributed by atoms with Crippen LogP contribution >= 0.6 is 11.8 Å². The molecule has 0 amide bonds. The summed E-state index contributed by atoms with van der Waals surface area (Å²) in [6.45, 7) is 6.76. The minimum absolute atomic E-state index is 0.681. The van der Waals surface area contributed by atoms with Crippen molar-refractivity contribution in [2.45, 2.75) is 31.8 Å². The van der Waals surface area contributed by atoms with E-state index in [0.717, 1.165) is 11.3 Å². The number of benzene rings is 1. The van der Waals surface area contributed by atoms with E-state index in [1.54, 1.807) is 0 Å². The molecule has 0 saturated heterocycles. The summed E-state index contributed by atoms with van der Waals surface area (Å²) >= 11 is 1.97. The van der Waals surface area contributed by atoms with Gasteiger partial charge in [0.25, 0.3) is 0 Å². The smallest absolute Gasteiger partial charge is 0.0991 e. The van der Waals surface area contributed by atoms with Crippen LogP contribution in [0.1, 0.15) is 31.9 Å². The maximum Gasteiger partial charge on any atom is 0.0991 e. The Balaban J connectivity index is 2.48. The number of rotatable bonds is 4. The Hall–Kier alpha value is -0.940. The highest BCUT2D eigenvalue weighted by atomic mass is 32.2. The molecule has 1 aromatic carbocycles. The largest absolute Gasteiger partial charge is 0.192 e. The van der Waals surface area contributed by atoms with Gasteiger partial charge in [-0.15, -0.1) is 0 Å². The maximum atomic E-state index is 8.66. The van der Waals surface area contributed by atoms with Crippen LogP contribution in [0.4, 0.5) is 0 Å². The molecular weight excluding hydrogens is 202 g/mol. The summed E-state index contributed by atoms with van der Waals surface area (Å²) in [7, 11) is 0. The average molecular weight is 219 g/mol. The van der Waals surface area contributed by atoms with Crippen LogP contribution < -0.4 is 0 Å². The molecule has 2 heteroatoms. The Morgan fingerprint density at radius 2 is 1.80 bits per heavy atom. The highest BCUT2D eigenvalue weighted by Gasteiger charge is 2.07. The quantitative estimate of drug-likeness (QED) is 0.768. The van der Waals surface area contributed by atoms with Gasteiger partial charge >= 0.3 is 0 Å². The first-order chi connectivity index (χ1) is 7.13. The Morgan fingerprint density at radius 1 is 1.20 bits per heavy atom. The third-order valence-electron chi connectivity index (χ3n) is 2.53. The van der Waals surface area contributed by atoms with E-state index in [9.17, 15) is 0 Å². The van der Waals surface area contributed by atoms with E-state index < -0.39 is 0 Å². The van der Waals surface area contributed by atoms with Gasteiger partial charge in [-0.1, -0.05) is 32.9 Å². The molecule has 80 valence electrons. The Labute approximate surface area is 96.5 Å². The highest BCUT2D eigenvalue weighted by molar-refractivity contribution is 7.99. The monoisotopic (exact) mass is 219 g/mol. The maximum absolute atomic E-state index is 8.66. The van der Waals surface area contributed by atoms with Gasteiger partial charge in [-0.05, 0) is 23.6 Å². The summed E-state index contributed by atoms with van der Waals surface area (Å²) in [5.74, 6) is 1.75. The molecule has 1 rings (SSSR count). The lowest BCUT2D eigenvalue weighted by Gasteiger charge is -2.14. The summed E-state index contributed by atoms with van der Waals surface area (Å²) in [6.07, 6.45) is 0. The first-order valence-electron chi connectivity index (χ1n) is 5.24. The molecule has 0 N–H and O–H groups in total. The number of nitrogens with zero attached hydrogens (tertiary/aromatic N) is 1. The third kappa shape index (κ3) is 3.97. The summed E-state index contributed by atoms with van der Waals surface area (Å²) in [5.41, 5.74) is 2.03. The molecule has 0 aliphatic heterocycles. The molecule has 0 bridgehead atoms. The summed E-state index contributed by atoms with van der Waals surface area (Å²) in [5, 5.41) is 9.35. The minimum atomic E-state index is 0.681. The normalized spacial score (nSPS) is 12.5. The van der Waals surface area contributed by atoms with Gasteiger partial charge in [0.1, 0.15) is 0 Å². The van der Waals surface area contributed by atoms with E-state index in [1.165, 1.54) is 5.56 Å². The zero-order chi connectivity index (χ0) is 11.3. The zero-order valence-corrected chi connectivity index (χ0v) is 10.3. The Bertz CT molecular complexity index is 335. The topological polar surface area (TPSA) is 23.8 Å². The van der Waals surface area contributed by atoms with Crippen LogP contribution in [0.3, 0.4) is 0 Å². The van der Waals surface area contributed by atoms with Crippen molar-refractivity contribution in [2.24, 2.45) is 5.92 Å². The summed E-state index contributed by atoms with van der Waals surface area (Å²) < 4.78 is 0. The fourth-order valence-electron chi connectivity index (χ4n) is 1.10. The van der Waals surface area contributed by atoms with Crippen molar-refractivity contribution in [3.8, 4) is 6.07 Å². The molecule has 0 aromatic heterocycles. The summed E-state index contributed by atoms with van der Waals surface area (Å²) in [6, 6.07) is 9.98. The molecule has 0 saturated carbocycles. The van der Waals surface area contributed by atoms with Crippen molar-refractivity contribution in [2.75, 3.05) is 0 Å². The van der Waals surface area contributed by atoms with Crippen LogP contribution in [-0.4, -0.2) is 5.25 Å². The lowest BCUT2D eigenvalue weighted by Crippen LogP contribution is -2.05. The average Bonchev–Trinajstić information content (AvgIpc) is 2.26. The molecule has 0 fully saturated rings. The van der Waals surface area contributed by atoms with Crippen LogP contribution in [0.25, 0.3) is 0 Å². The van der Waals surface area contributed by atoms with E-state index in [4.69, 9.17) is 5.26 Å². The first kappa shape index (κ1) is 12.1. The molecule has 1 unspecified atom stereocenters. The standard InChI is InChI=1S/C13H17NS/c1-10(2)11(3)15-9-13-6-4-12(8-14)5-7-13/h4-7,10-11H,9H2,1-3H3. The van der Waals surface area contributed by atoms with Gasteiger partial charge in [-0.25, -0.2) is 0 Å². The molecular formula is C13H17NS. The van der Waals surface area contributed by atoms with Crippen LogP contribution in [0, 0.1) is 17.2 Å². The molecule has 0 aliphatic carbocycles. The van der Waals surface area contributed by atoms with Gasteiger partial charge in [0.2, 0.25) is 0 Å². The zero-order valence-electron chi connectivity index (χ0n) is 9.53. The third-order valence-corrected chi connectivity index (χ3v) is 4.10. The molecule has 1 atom stereocenters. The Morgan fingerprint density at radius 3 is 2.27 bits per heavy atom. The van der Waals surface area contributed by atoms with Crippen molar-refractivity contribution in [1.82, 2.24) is 0 Å². The van der Waals surface area contributed by atoms with E-state index in [1.807, 2.05) is 36.0 Å². The molecule has 0 aliphatic rings. The van der Waals surface area contributed by atoms with E-state index in [2.05, 4.69) is 26.8 Å². The predicted octanol–water partition coefficient (Wildman–Crippen LogP) is 3.84. The van der Waals surface area contributed by atoms with Crippen molar-refractivity contribution >= 4 is 11.8 Å². The molecule has 1 aromatic rings. The second-order valence-electron chi connectivity index (χ2n) is 4.07. The lowest BCUT2D eigenvalue weighted by atomic mass is 10.1. The first-order valence-corrected chi connectivity index (χ1v) is 6.29. The number of hydrogen-bond acceptors (Lipinski definition) is 2. The number of hydrogen-bond donors (Lipinski definition) is 0. The molecule has 0 spiro atoms. The van der Waals surface area contributed by atoms with Gasteiger partial charge < -0.3 is 0 Å². The van der Waals surface area contributed by atoms with Crippen molar-refractivity contribution in [3.63, 3.8) is 0 Å². The van der Waals surface area contributed by atoms with E-state index in [-0.39, 0.29) is 0 Å². The van der Waals surface area contributed by atoms with Gasteiger partial charge in [0.15, 0.2) is 0 Å². The van der Waals surface area contributed by atoms with Crippen molar-refractivity contribution in [1.29, 1.82) is 5.26 Å². The number of thioether (sulfide) groups is 1. The van der Waals surface area contributed by atoms with E-state index in [0.29, 0.717) is 11.2 Å². The lowest BCUT2D eigenvalue weighted by molar-refractivity contribution is 0.642. The molecule has 0 radical (unpaired) electrons. The van der Waals surface area contributed by atoms with Gasteiger partial charge in [0, 0.05) is 11.0 Å². The fourth-order valence-corrected chi connectivity index (χ4v) is 2.13. The second kappa shape index (κ2) is 5.82. The minimum Gasteiger partial charge on any atom is -0.192 e.